The van der Waals surface area contributed by atoms with Gasteiger partial charge in [-0.3, -0.25) is 4.79 Å². The first-order chi connectivity index (χ1) is 11.5. The number of phenolic OH excluding ortho intramolecular Hbond substituents is 1. The van der Waals surface area contributed by atoms with Gasteiger partial charge in [0.05, 0.1) is 12.2 Å². The summed E-state index contributed by atoms with van der Waals surface area (Å²) in [6, 6.07) is 6.75. The van der Waals surface area contributed by atoms with Crippen molar-refractivity contribution in [3.8, 4) is 23.3 Å². The molecule has 1 heterocycles. The molecular formula is C16H17NO7. The Morgan fingerprint density at radius 1 is 1.08 bits per heavy atom. The van der Waals surface area contributed by atoms with Crippen molar-refractivity contribution in [3.63, 3.8) is 0 Å². The summed E-state index contributed by atoms with van der Waals surface area (Å²) in [4.78, 5) is 27.0. The van der Waals surface area contributed by atoms with E-state index in [4.69, 9.17) is 9.57 Å². The van der Waals surface area contributed by atoms with Crippen LogP contribution in [0.3, 0.4) is 0 Å². The fraction of sp³-hybridized carbons (Fsp3) is 0.250. The zero-order valence-corrected chi connectivity index (χ0v) is 12.7. The summed E-state index contributed by atoms with van der Waals surface area (Å²) in [5.74, 6) is -1.09. The average Bonchev–Trinajstić information content (AvgIpc) is 2.86. The molecule has 0 saturated carbocycles. The van der Waals surface area contributed by atoms with Gasteiger partial charge in [-0.2, -0.15) is 0 Å². The summed E-state index contributed by atoms with van der Waals surface area (Å²) >= 11 is 0. The van der Waals surface area contributed by atoms with E-state index in [1.54, 1.807) is 6.07 Å². The summed E-state index contributed by atoms with van der Waals surface area (Å²) in [6.07, 6.45) is 1.65. The highest BCUT2D eigenvalue weighted by Crippen LogP contribution is 2.22. The minimum atomic E-state index is -0.607. The van der Waals surface area contributed by atoms with Crippen LogP contribution in [0.1, 0.15) is 29.6 Å². The van der Waals surface area contributed by atoms with Gasteiger partial charge in [-0.15, -0.1) is 4.73 Å². The molecule has 2 aromatic rings. The van der Waals surface area contributed by atoms with Gasteiger partial charge in [-0.25, -0.2) is 4.79 Å². The van der Waals surface area contributed by atoms with Crippen molar-refractivity contribution in [2.45, 2.75) is 19.3 Å². The molecule has 0 atom stereocenters. The SMILES string of the molecule is O=Cc1ccc(OCCCCC(=O)On2c(O)ccc2O)cc1O. The lowest BCUT2D eigenvalue weighted by atomic mass is 10.2. The molecule has 8 heteroatoms. The summed E-state index contributed by atoms with van der Waals surface area (Å²) in [6.45, 7) is 0.313. The quantitative estimate of drug-likeness (QED) is 0.495. The molecule has 1 aromatic heterocycles. The van der Waals surface area contributed by atoms with Crippen LogP contribution in [0.2, 0.25) is 0 Å². The van der Waals surface area contributed by atoms with E-state index in [1.165, 1.54) is 24.3 Å². The molecule has 3 N–H and O–H groups in total. The highest BCUT2D eigenvalue weighted by Gasteiger charge is 2.11. The number of hydrogen-bond donors (Lipinski definition) is 3. The van der Waals surface area contributed by atoms with Crippen molar-refractivity contribution in [2.75, 3.05) is 6.61 Å². The first kappa shape index (κ1) is 17.2. The Morgan fingerprint density at radius 3 is 2.42 bits per heavy atom. The van der Waals surface area contributed by atoms with E-state index >= 15 is 0 Å². The second-order valence-electron chi connectivity index (χ2n) is 4.95. The number of hydrogen-bond acceptors (Lipinski definition) is 7. The summed E-state index contributed by atoms with van der Waals surface area (Å²) in [5, 5.41) is 28.2. The van der Waals surface area contributed by atoms with Crippen molar-refractivity contribution in [1.82, 2.24) is 4.73 Å². The molecule has 0 aliphatic rings. The summed E-state index contributed by atoms with van der Waals surface area (Å²) in [7, 11) is 0. The molecular weight excluding hydrogens is 318 g/mol. The van der Waals surface area contributed by atoms with Crippen LogP contribution in [0.25, 0.3) is 0 Å². The molecule has 2 rings (SSSR count). The Bertz CT molecular complexity index is 704. The predicted molar refractivity (Wildman–Crippen MR) is 82.2 cm³/mol. The van der Waals surface area contributed by atoms with Crippen molar-refractivity contribution in [3.05, 3.63) is 35.9 Å². The van der Waals surface area contributed by atoms with Crippen LogP contribution in [0.5, 0.6) is 23.3 Å². The number of carbonyl (C=O) groups is 2. The van der Waals surface area contributed by atoms with Crippen LogP contribution in [0, 0.1) is 0 Å². The van der Waals surface area contributed by atoms with Gasteiger partial charge < -0.3 is 24.9 Å². The molecule has 0 radical (unpaired) electrons. The Balaban J connectivity index is 1.68. The molecule has 0 amide bonds. The molecule has 0 bridgehead atoms. The number of rotatable bonds is 8. The van der Waals surface area contributed by atoms with Crippen molar-refractivity contribution >= 4 is 12.3 Å². The normalized spacial score (nSPS) is 10.3. The number of aromatic hydroxyl groups is 3. The summed E-state index contributed by atoms with van der Waals surface area (Å²) < 4.78 is 6.03. The Kier molecular flexibility index (Phi) is 5.67. The molecule has 0 saturated heterocycles. The topological polar surface area (TPSA) is 118 Å². The van der Waals surface area contributed by atoms with Crippen LogP contribution in [-0.2, 0) is 4.79 Å². The molecule has 128 valence electrons. The van der Waals surface area contributed by atoms with Crippen molar-refractivity contribution in [2.24, 2.45) is 0 Å². The lowest BCUT2D eigenvalue weighted by Gasteiger charge is -2.08. The van der Waals surface area contributed by atoms with E-state index in [1.807, 2.05) is 0 Å². The van der Waals surface area contributed by atoms with E-state index in [2.05, 4.69) is 0 Å². The number of aldehydes is 1. The standard InChI is InChI=1S/C16H17NO7/c18-10-11-4-5-12(9-13(11)19)23-8-2-1-3-16(22)24-17-14(20)6-7-15(17)21/h4-7,9-10,19-21H,1-3,8H2. The average molecular weight is 335 g/mol. The number of carbonyl (C=O) groups excluding carboxylic acids is 2. The highest BCUT2D eigenvalue weighted by atomic mass is 16.7. The molecule has 8 nitrogen and oxygen atoms in total. The van der Waals surface area contributed by atoms with E-state index < -0.39 is 5.97 Å². The lowest BCUT2D eigenvalue weighted by Crippen LogP contribution is -2.18. The van der Waals surface area contributed by atoms with Crippen LogP contribution in [-0.4, -0.2) is 38.9 Å². The maximum absolute atomic E-state index is 11.6. The number of benzene rings is 1. The Labute approximate surface area is 137 Å². The number of nitrogens with zero attached hydrogens (tertiary/aromatic N) is 1. The van der Waals surface area contributed by atoms with Gasteiger partial charge >= 0.3 is 5.97 Å². The second kappa shape index (κ2) is 7.91. The molecule has 0 unspecified atom stereocenters. The number of phenols is 1. The minimum Gasteiger partial charge on any atom is -0.507 e. The molecule has 0 aliphatic heterocycles. The minimum absolute atomic E-state index is 0.0791. The smallest absolute Gasteiger partial charge is 0.333 e. The van der Waals surface area contributed by atoms with Crippen molar-refractivity contribution < 1.29 is 34.5 Å². The third-order valence-electron chi connectivity index (χ3n) is 3.16. The number of unbranched alkanes of at least 4 members (excludes halogenated alkanes) is 1. The third kappa shape index (κ3) is 4.42. The molecule has 0 aliphatic carbocycles. The molecule has 24 heavy (non-hydrogen) atoms. The molecule has 0 spiro atoms. The largest absolute Gasteiger partial charge is 0.507 e. The van der Waals surface area contributed by atoms with Gasteiger partial charge in [0.2, 0.25) is 11.8 Å². The summed E-state index contributed by atoms with van der Waals surface area (Å²) in [5.41, 5.74) is 0.182. The Morgan fingerprint density at radius 2 is 1.79 bits per heavy atom. The monoisotopic (exact) mass is 335 g/mol. The maximum Gasteiger partial charge on any atom is 0.333 e. The fourth-order valence-corrected chi connectivity index (χ4v) is 1.92. The first-order valence-corrected chi connectivity index (χ1v) is 7.23. The zero-order chi connectivity index (χ0) is 17.5. The number of aromatic nitrogens is 1. The van der Waals surface area contributed by atoms with E-state index in [-0.39, 0.29) is 29.5 Å². The van der Waals surface area contributed by atoms with Gasteiger partial charge in [0, 0.05) is 24.6 Å². The number of ether oxygens (including phenoxy) is 1. The van der Waals surface area contributed by atoms with E-state index in [0.717, 1.165) is 0 Å². The van der Waals surface area contributed by atoms with Crippen LogP contribution in [0.4, 0.5) is 0 Å². The van der Waals surface area contributed by atoms with Crippen LogP contribution < -0.4 is 9.57 Å². The maximum atomic E-state index is 11.6. The molecule has 1 aromatic carbocycles. The highest BCUT2D eigenvalue weighted by molar-refractivity contribution is 5.79. The van der Waals surface area contributed by atoms with Crippen LogP contribution >= 0.6 is 0 Å². The van der Waals surface area contributed by atoms with Gasteiger partial charge in [0.1, 0.15) is 11.5 Å². The second-order valence-corrected chi connectivity index (χ2v) is 4.95. The fourth-order valence-electron chi connectivity index (χ4n) is 1.92. The van der Waals surface area contributed by atoms with E-state index in [9.17, 15) is 24.9 Å². The lowest BCUT2D eigenvalue weighted by molar-refractivity contribution is -0.145. The predicted octanol–water partition coefficient (Wildman–Crippen LogP) is 1.62. The Hall–Kier alpha value is -3.16. The van der Waals surface area contributed by atoms with Gasteiger partial charge in [-0.1, -0.05) is 0 Å². The van der Waals surface area contributed by atoms with Gasteiger partial charge in [0.25, 0.3) is 0 Å². The third-order valence-corrected chi connectivity index (χ3v) is 3.16. The molecule has 0 fully saturated rings. The van der Waals surface area contributed by atoms with Crippen LogP contribution in [0.15, 0.2) is 30.3 Å². The first-order valence-electron chi connectivity index (χ1n) is 7.23. The van der Waals surface area contributed by atoms with E-state index in [0.29, 0.717) is 36.2 Å². The zero-order valence-electron chi connectivity index (χ0n) is 12.7. The van der Waals surface area contributed by atoms with Gasteiger partial charge in [0.15, 0.2) is 6.29 Å². The van der Waals surface area contributed by atoms with Gasteiger partial charge in [-0.05, 0) is 25.0 Å². The van der Waals surface area contributed by atoms with Crippen molar-refractivity contribution in [1.29, 1.82) is 0 Å².